The van der Waals surface area contributed by atoms with Crippen LogP contribution in [0.3, 0.4) is 0 Å². The minimum absolute atomic E-state index is 0.894. The summed E-state index contributed by atoms with van der Waals surface area (Å²) in [6.45, 7) is 9.31. The summed E-state index contributed by atoms with van der Waals surface area (Å²) in [5.41, 5.74) is 9.78. The van der Waals surface area contributed by atoms with Crippen LogP contribution >= 0.6 is 0 Å². The van der Waals surface area contributed by atoms with Crippen LogP contribution in [0.15, 0.2) is 174 Å². The van der Waals surface area contributed by atoms with Gasteiger partial charge in [-0.1, -0.05) is 103 Å². The van der Waals surface area contributed by atoms with E-state index in [0.717, 1.165) is 66.8 Å². The van der Waals surface area contributed by atoms with E-state index in [1.54, 1.807) is 0 Å². The molecule has 52 heavy (non-hydrogen) atoms. The van der Waals surface area contributed by atoms with Gasteiger partial charge >= 0.3 is 0 Å². The highest BCUT2D eigenvalue weighted by Crippen LogP contribution is 2.41. The average molecular weight is 689 g/mol. The maximum atomic E-state index is 6.64. The summed E-state index contributed by atoms with van der Waals surface area (Å²) >= 11 is 0. The van der Waals surface area contributed by atoms with Gasteiger partial charge in [0.1, 0.15) is 11.2 Å². The number of aryl methyl sites for hydroxylation is 1. The number of para-hydroxylation sites is 2. The first-order valence-electron chi connectivity index (χ1n) is 18.0. The number of rotatable bonds is 7. The van der Waals surface area contributed by atoms with Gasteiger partial charge in [-0.15, -0.1) is 0 Å². The summed E-state index contributed by atoms with van der Waals surface area (Å²) in [5.74, 6) is 0. The van der Waals surface area contributed by atoms with Gasteiger partial charge in [-0.3, -0.25) is 0 Å². The van der Waals surface area contributed by atoms with Crippen LogP contribution in [0.1, 0.15) is 5.56 Å². The van der Waals surface area contributed by atoms with Crippen LogP contribution in [0.25, 0.3) is 43.5 Å². The first-order chi connectivity index (χ1) is 25.3. The molecule has 4 heteroatoms. The lowest BCUT2D eigenvalue weighted by atomic mass is 10.0. The van der Waals surface area contributed by atoms with E-state index in [-0.39, 0.29) is 0 Å². The number of hydrogen-bond acceptors (Lipinski definition) is 3. The molecule has 0 aliphatic heterocycles. The fourth-order valence-electron chi connectivity index (χ4n) is 7.37. The Hall–Kier alpha value is -6.10. The van der Waals surface area contributed by atoms with E-state index < -0.39 is 8.07 Å². The molecular weight excluding hydrogens is 649 g/mol. The number of fused-ring (bicyclic) bond motifs is 5. The third kappa shape index (κ3) is 5.81. The monoisotopic (exact) mass is 688 g/mol. The molecule has 1 aromatic heterocycles. The first-order valence-corrected chi connectivity index (χ1v) is 21.5. The van der Waals surface area contributed by atoms with Crippen molar-refractivity contribution in [2.24, 2.45) is 0 Å². The normalized spacial score (nSPS) is 11.8. The number of benzene rings is 8. The quantitative estimate of drug-likeness (QED) is 0.155. The molecule has 1 heterocycles. The summed E-state index contributed by atoms with van der Waals surface area (Å²) in [6, 6.07) is 61.5. The molecule has 0 spiro atoms. The number of anilines is 6. The number of hydrogen-bond donors (Lipinski definition) is 0. The summed E-state index contributed by atoms with van der Waals surface area (Å²) in [5, 5.41) is 8.38. The average Bonchev–Trinajstić information content (AvgIpc) is 3.50. The van der Waals surface area contributed by atoms with E-state index in [4.69, 9.17) is 4.42 Å². The van der Waals surface area contributed by atoms with Crippen LogP contribution in [-0.4, -0.2) is 8.07 Å². The van der Waals surface area contributed by atoms with Gasteiger partial charge in [0.2, 0.25) is 0 Å². The van der Waals surface area contributed by atoms with Crippen molar-refractivity contribution in [1.82, 2.24) is 0 Å². The summed E-state index contributed by atoms with van der Waals surface area (Å²) < 4.78 is 6.64. The topological polar surface area (TPSA) is 19.6 Å². The largest absolute Gasteiger partial charge is 0.456 e. The zero-order chi connectivity index (χ0) is 35.4. The Balaban J connectivity index is 1.13. The Morgan fingerprint density at radius 1 is 0.385 bits per heavy atom. The maximum Gasteiger partial charge on any atom is 0.136 e. The SMILES string of the molecule is Cc1ccc(N(c2ccccc2)c2ccc3cc4c(cc3c2)oc2cc3cc(N(c5ccccc5)c5ccc([Si](C)(C)C)cc5)ccc3cc24)cc1. The maximum absolute atomic E-state index is 6.64. The van der Waals surface area contributed by atoms with Gasteiger partial charge in [0.05, 0.1) is 8.07 Å². The molecule has 9 aromatic rings. The van der Waals surface area contributed by atoms with E-state index in [2.05, 4.69) is 206 Å². The molecule has 0 saturated carbocycles. The van der Waals surface area contributed by atoms with Crippen LogP contribution in [0.4, 0.5) is 34.1 Å². The van der Waals surface area contributed by atoms with Crippen molar-refractivity contribution in [3.05, 3.63) is 175 Å². The molecule has 0 radical (unpaired) electrons. The van der Waals surface area contributed by atoms with Crippen molar-refractivity contribution in [3.8, 4) is 0 Å². The van der Waals surface area contributed by atoms with Crippen LogP contribution in [0.2, 0.25) is 19.6 Å². The lowest BCUT2D eigenvalue weighted by Gasteiger charge is -2.27. The number of nitrogens with zero attached hydrogens (tertiary/aromatic N) is 2. The van der Waals surface area contributed by atoms with Crippen LogP contribution in [0.5, 0.6) is 0 Å². The van der Waals surface area contributed by atoms with E-state index in [1.807, 2.05) is 0 Å². The fraction of sp³-hybridized carbons (Fsp3) is 0.0833. The van der Waals surface area contributed by atoms with Gasteiger partial charge in [-0.25, -0.2) is 0 Å². The molecule has 8 aromatic carbocycles. The minimum Gasteiger partial charge on any atom is -0.456 e. The first kappa shape index (κ1) is 31.8. The molecular formula is C48H40N2OSi. The van der Waals surface area contributed by atoms with E-state index in [1.165, 1.54) is 21.5 Å². The molecule has 3 nitrogen and oxygen atoms in total. The van der Waals surface area contributed by atoms with E-state index in [9.17, 15) is 0 Å². The van der Waals surface area contributed by atoms with Gasteiger partial charge in [0, 0.05) is 44.9 Å². The summed E-state index contributed by atoms with van der Waals surface area (Å²) in [6.07, 6.45) is 0. The molecule has 0 aliphatic rings. The lowest BCUT2D eigenvalue weighted by molar-refractivity contribution is 0.670. The standard InChI is InChI=1S/C48H40N2OSi/c1-33-15-19-40(20-16-33)49(38-11-7-5-8-12-38)42-21-17-34-29-45-46-30-35-18-22-43(28-37(35)32-48(46)51-47(45)31-36(34)27-42)50(39-13-9-6-10-14-39)41-23-25-44(26-24-41)52(2,3)4/h5-32H,1-4H3. The van der Waals surface area contributed by atoms with Crippen molar-refractivity contribution in [2.45, 2.75) is 26.6 Å². The molecule has 0 atom stereocenters. The van der Waals surface area contributed by atoms with Gasteiger partial charge < -0.3 is 14.2 Å². The minimum atomic E-state index is -1.41. The van der Waals surface area contributed by atoms with Crippen molar-refractivity contribution >= 4 is 90.9 Å². The molecule has 0 aliphatic carbocycles. The molecule has 0 amide bonds. The zero-order valence-electron chi connectivity index (χ0n) is 30.0. The Morgan fingerprint density at radius 2 is 0.788 bits per heavy atom. The molecule has 0 N–H and O–H groups in total. The van der Waals surface area contributed by atoms with Crippen molar-refractivity contribution in [1.29, 1.82) is 0 Å². The fourth-order valence-corrected chi connectivity index (χ4v) is 8.53. The predicted molar refractivity (Wildman–Crippen MR) is 226 cm³/mol. The van der Waals surface area contributed by atoms with E-state index in [0.29, 0.717) is 0 Å². The van der Waals surface area contributed by atoms with Gasteiger partial charge in [0.15, 0.2) is 0 Å². The van der Waals surface area contributed by atoms with E-state index >= 15 is 0 Å². The second kappa shape index (κ2) is 12.6. The third-order valence-electron chi connectivity index (χ3n) is 10.2. The highest BCUT2D eigenvalue weighted by Gasteiger charge is 2.19. The summed E-state index contributed by atoms with van der Waals surface area (Å²) in [4.78, 5) is 4.65. The highest BCUT2D eigenvalue weighted by atomic mass is 28.3. The van der Waals surface area contributed by atoms with Gasteiger partial charge in [0.25, 0.3) is 0 Å². The second-order valence-electron chi connectivity index (χ2n) is 14.8. The molecule has 0 fully saturated rings. The van der Waals surface area contributed by atoms with Crippen molar-refractivity contribution in [3.63, 3.8) is 0 Å². The van der Waals surface area contributed by atoms with Crippen LogP contribution in [-0.2, 0) is 0 Å². The van der Waals surface area contributed by atoms with Gasteiger partial charge in [-0.05, 0) is 126 Å². The number of furan rings is 1. The highest BCUT2D eigenvalue weighted by molar-refractivity contribution is 6.88. The molecule has 0 bridgehead atoms. The van der Waals surface area contributed by atoms with Crippen LogP contribution in [0, 0.1) is 6.92 Å². The lowest BCUT2D eigenvalue weighted by Crippen LogP contribution is -2.37. The Labute approximate surface area is 306 Å². The van der Waals surface area contributed by atoms with Crippen LogP contribution < -0.4 is 15.0 Å². The van der Waals surface area contributed by atoms with Crippen molar-refractivity contribution in [2.75, 3.05) is 9.80 Å². The zero-order valence-corrected chi connectivity index (χ0v) is 31.0. The smallest absolute Gasteiger partial charge is 0.136 e. The third-order valence-corrected chi connectivity index (χ3v) is 12.2. The molecule has 0 saturated heterocycles. The summed E-state index contributed by atoms with van der Waals surface area (Å²) in [7, 11) is -1.41. The Kier molecular flexibility index (Phi) is 7.71. The van der Waals surface area contributed by atoms with Gasteiger partial charge in [-0.2, -0.15) is 0 Å². The molecule has 252 valence electrons. The molecule has 9 rings (SSSR count). The Bertz CT molecular complexity index is 2710. The van der Waals surface area contributed by atoms with Crippen molar-refractivity contribution < 1.29 is 4.42 Å². The predicted octanol–water partition coefficient (Wildman–Crippen LogP) is 13.7. The second-order valence-corrected chi connectivity index (χ2v) is 19.9. The molecule has 0 unspecified atom stereocenters. The Morgan fingerprint density at radius 3 is 1.23 bits per heavy atom.